The number of hydrogen-bond donors (Lipinski definition) is 1. The van der Waals surface area contributed by atoms with E-state index in [1.165, 1.54) is 31.4 Å². The molecule has 0 aromatic carbocycles. The minimum Gasteiger partial charge on any atom is -0.478 e. The number of pyridine rings is 1. The van der Waals surface area contributed by atoms with Gasteiger partial charge in [-0.1, -0.05) is 0 Å². The molecule has 0 radical (unpaired) electrons. The van der Waals surface area contributed by atoms with Gasteiger partial charge in [0.1, 0.15) is 0 Å². The van der Waals surface area contributed by atoms with E-state index in [-0.39, 0.29) is 16.5 Å². The smallest absolute Gasteiger partial charge is 0.317 e. The third-order valence-corrected chi connectivity index (χ3v) is 7.28. The lowest BCUT2D eigenvalue weighted by Crippen LogP contribution is -2.54. The van der Waals surface area contributed by atoms with Crippen LogP contribution < -0.4 is 10.1 Å². The molecular formula is C22H35N3O4S. The molecule has 0 bridgehead atoms. The van der Waals surface area contributed by atoms with E-state index in [4.69, 9.17) is 4.74 Å². The number of amides is 2. The van der Waals surface area contributed by atoms with Gasteiger partial charge in [0.2, 0.25) is 5.88 Å². The highest BCUT2D eigenvalue weighted by Gasteiger charge is 2.45. The van der Waals surface area contributed by atoms with Crippen LogP contribution in [-0.2, 0) is 9.84 Å². The minimum absolute atomic E-state index is 0.0588. The van der Waals surface area contributed by atoms with E-state index < -0.39 is 9.84 Å². The van der Waals surface area contributed by atoms with Crippen LogP contribution in [0.5, 0.6) is 5.88 Å². The van der Waals surface area contributed by atoms with E-state index in [1.807, 2.05) is 25.7 Å². The number of ether oxygens (including phenoxy) is 1. The molecule has 2 aliphatic rings. The second kappa shape index (κ2) is 8.73. The van der Waals surface area contributed by atoms with Gasteiger partial charge in [0, 0.05) is 37.1 Å². The third kappa shape index (κ3) is 6.09. The van der Waals surface area contributed by atoms with Crippen LogP contribution in [0.15, 0.2) is 23.2 Å². The Bertz CT molecular complexity index is 830. The molecule has 2 heterocycles. The number of hydrogen-bond acceptors (Lipinski definition) is 5. The van der Waals surface area contributed by atoms with Crippen LogP contribution in [0.2, 0.25) is 0 Å². The molecule has 8 heteroatoms. The first-order valence-corrected chi connectivity index (χ1v) is 12.7. The van der Waals surface area contributed by atoms with Crippen molar-refractivity contribution in [1.29, 1.82) is 0 Å². The van der Waals surface area contributed by atoms with Crippen molar-refractivity contribution in [1.82, 2.24) is 15.2 Å². The van der Waals surface area contributed by atoms with Gasteiger partial charge in [0.25, 0.3) is 0 Å². The summed E-state index contributed by atoms with van der Waals surface area (Å²) in [6.07, 6.45) is 9.33. The number of rotatable bonds is 6. The molecule has 3 rings (SSSR count). The third-order valence-electron chi connectivity index (χ3n) is 6.18. The molecule has 0 unspecified atom stereocenters. The van der Waals surface area contributed by atoms with Gasteiger partial charge in [-0.05, 0) is 76.7 Å². The van der Waals surface area contributed by atoms with Crippen LogP contribution >= 0.6 is 0 Å². The summed E-state index contributed by atoms with van der Waals surface area (Å²) in [5.74, 6) is 1.21. The molecule has 2 fully saturated rings. The molecule has 1 aliphatic heterocycles. The van der Waals surface area contributed by atoms with Crippen LogP contribution in [0.4, 0.5) is 4.79 Å². The van der Waals surface area contributed by atoms with Crippen LogP contribution in [0.25, 0.3) is 0 Å². The lowest BCUT2D eigenvalue weighted by molar-refractivity contribution is -0.00896. The highest BCUT2D eigenvalue weighted by Crippen LogP contribution is 2.53. The SMILES string of the molecule is CC(C)(C)NC(=O)N1CCC2(CC1)CC(CCCOc1ccc(S(C)(=O)=O)cn1)C2. The van der Waals surface area contributed by atoms with Gasteiger partial charge >= 0.3 is 6.03 Å². The van der Waals surface area contributed by atoms with Gasteiger partial charge in [-0.3, -0.25) is 0 Å². The van der Waals surface area contributed by atoms with Gasteiger partial charge in [-0.25, -0.2) is 18.2 Å². The Kier molecular flexibility index (Phi) is 6.65. The summed E-state index contributed by atoms with van der Waals surface area (Å²) in [4.78, 5) is 18.6. The Balaban J connectivity index is 1.32. The second-order valence-corrected chi connectivity index (χ2v) is 12.1. The van der Waals surface area contributed by atoms with Crippen LogP contribution in [0, 0.1) is 11.3 Å². The van der Waals surface area contributed by atoms with E-state index in [0.717, 1.165) is 44.7 Å². The van der Waals surface area contributed by atoms with Crippen molar-refractivity contribution in [2.45, 2.75) is 69.7 Å². The maximum atomic E-state index is 12.3. The molecule has 30 heavy (non-hydrogen) atoms. The van der Waals surface area contributed by atoms with E-state index >= 15 is 0 Å². The Morgan fingerprint density at radius 2 is 1.93 bits per heavy atom. The largest absolute Gasteiger partial charge is 0.478 e. The number of piperidine rings is 1. The molecular weight excluding hydrogens is 402 g/mol. The van der Waals surface area contributed by atoms with E-state index in [9.17, 15) is 13.2 Å². The molecule has 168 valence electrons. The minimum atomic E-state index is -3.23. The van der Waals surface area contributed by atoms with Gasteiger partial charge < -0.3 is 15.0 Å². The van der Waals surface area contributed by atoms with Crippen molar-refractivity contribution in [2.24, 2.45) is 11.3 Å². The van der Waals surface area contributed by atoms with Crippen molar-refractivity contribution in [3.63, 3.8) is 0 Å². The molecule has 1 aromatic rings. The summed E-state index contributed by atoms with van der Waals surface area (Å²) >= 11 is 0. The van der Waals surface area contributed by atoms with Crippen molar-refractivity contribution in [3.05, 3.63) is 18.3 Å². The topological polar surface area (TPSA) is 88.6 Å². The number of likely N-dealkylation sites (tertiary alicyclic amines) is 1. The fourth-order valence-corrected chi connectivity index (χ4v) is 5.14. The average Bonchev–Trinajstić information content (AvgIpc) is 2.62. The highest BCUT2D eigenvalue weighted by atomic mass is 32.2. The highest BCUT2D eigenvalue weighted by molar-refractivity contribution is 7.90. The number of carbonyl (C=O) groups is 1. The summed E-state index contributed by atoms with van der Waals surface area (Å²) in [6.45, 7) is 8.33. The molecule has 7 nitrogen and oxygen atoms in total. The van der Waals surface area contributed by atoms with Crippen molar-refractivity contribution < 1.29 is 17.9 Å². The number of urea groups is 1. The summed E-state index contributed by atoms with van der Waals surface area (Å²) in [7, 11) is -3.23. The Morgan fingerprint density at radius 1 is 1.27 bits per heavy atom. The van der Waals surface area contributed by atoms with E-state index in [0.29, 0.717) is 17.9 Å². The predicted molar refractivity (Wildman–Crippen MR) is 116 cm³/mol. The first-order chi connectivity index (χ1) is 14.0. The van der Waals surface area contributed by atoms with Crippen molar-refractivity contribution in [3.8, 4) is 5.88 Å². The van der Waals surface area contributed by atoms with E-state index in [1.54, 1.807) is 6.07 Å². The predicted octanol–water partition coefficient (Wildman–Crippen LogP) is 3.64. The summed E-state index contributed by atoms with van der Waals surface area (Å²) in [5.41, 5.74) is 0.244. The first-order valence-electron chi connectivity index (χ1n) is 10.8. The van der Waals surface area contributed by atoms with Crippen LogP contribution in [0.1, 0.15) is 59.3 Å². The monoisotopic (exact) mass is 437 g/mol. The lowest BCUT2D eigenvalue weighted by Gasteiger charge is -2.52. The molecule has 1 aliphatic carbocycles. The fraction of sp³-hybridized carbons (Fsp3) is 0.727. The van der Waals surface area contributed by atoms with Crippen molar-refractivity contribution in [2.75, 3.05) is 26.0 Å². The molecule has 1 spiro atoms. The van der Waals surface area contributed by atoms with Gasteiger partial charge in [-0.2, -0.15) is 0 Å². The number of nitrogens with zero attached hydrogens (tertiary/aromatic N) is 2. The lowest BCUT2D eigenvalue weighted by atomic mass is 9.56. The summed E-state index contributed by atoms with van der Waals surface area (Å²) in [6, 6.07) is 3.20. The Labute approximate surface area is 180 Å². The van der Waals surface area contributed by atoms with Crippen LogP contribution in [-0.4, -0.2) is 55.8 Å². The number of nitrogens with one attached hydrogen (secondary N) is 1. The maximum Gasteiger partial charge on any atom is 0.317 e. The average molecular weight is 438 g/mol. The zero-order valence-electron chi connectivity index (χ0n) is 18.6. The molecule has 1 N–H and O–H groups in total. The van der Waals surface area contributed by atoms with Crippen molar-refractivity contribution >= 4 is 15.9 Å². The van der Waals surface area contributed by atoms with Gasteiger partial charge in [0.15, 0.2) is 9.84 Å². The maximum absolute atomic E-state index is 12.3. The Morgan fingerprint density at radius 3 is 2.47 bits per heavy atom. The second-order valence-electron chi connectivity index (χ2n) is 10.0. The van der Waals surface area contributed by atoms with Gasteiger partial charge in [0.05, 0.1) is 11.5 Å². The fourth-order valence-electron chi connectivity index (χ4n) is 4.58. The molecule has 0 atom stereocenters. The van der Waals surface area contributed by atoms with E-state index in [2.05, 4.69) is 10.3 Å². The zero-order valence-corrected chi connectivity index (χ0v) is 19.4. The number of aromatic nitrogens is 1. The first kappa shape index (κ1) is 22.8. The summed E-state index contributed by atoms with van der Waals surface area (Å²) < 4.78 is 28.6. The molecule has 1 saturated heterocycles. The molecule has 2 amide bonds. The normalized spacial score (nSPS) is 19.4. The number of sulfone groups is 1. The van der Waals surface area contributed by atoms with Gasteiger partial charge in [-0.15, -0.1) is 0 Å². The Hall–Kier alpha value is -1.83. The summed E-state index contributed by atoms with van der Waals surface area (Å²) in [5, 5.41) is 3.06. The standard InChI is InChI=1S/C22H35N3O4S/c1-21(2,3)24-20(26)25-11-9-22(10-12-25)14-17(15-22)6-5-13-29-19-8-7-18(16-23-19)30(4,27)28/h7-8,16-17H,5-6,9-15H2,1-4H3,(H,24,26). The quantitative estimate of drug-likeness (QED) is 0.687. The molecule has 1 saturated carbocycles. The number of carbonyl (C=O) groups excluding carboxylic acids is 1. The molecule has 1 aromatic heterocycles. The zero-order chi connectivity index (χ0) is 22.0. The van der Waals surface area contributed by atoms with Crippen LogP contribution in [0.3, 0.4) is 0 Å².